The van der Waals surface area contributed by atoms with E-state index in [1.807, 2.05) is 6.92 Å². The fourth-order valence-corrected chi connectivity index (χ4v) is 9.95. The number of amides is 1. The minimum absolute atomic E-state index is 0.0115. The number of carbonyl (C=O) groups excluding carboxylic acids is 6. The van der Waals surface area contributed by atoms with E-state index in [0.717, 1.165) is 20.3 Å². The Bertz CT molecular complexity index is 2030. The lowest BCUT2D eigenvalue weighted by molar-refractivity contribution is -0.346. The van der Waals surface area contributed by atoms with Crippen LogP contribution in [0.4, 0.5) is 0 Å². The van der Waals surface area contributed by atoms with Crippen molar-refractivity contribution in [2.45, 2.75) is 134 Å². The van der Waals surface area contributed by atoms with Crippen molar-refractivity contribution in [2.75, 3.05) is 6.61 Å². The first-order chi connectivity index (χ1) is 28.2. The van der Waals surface area contributed by atoms with Gasteiger partial charge in [-0.1, -0.05) is 75.7 Å². The second-order valence-corrected chi connectivity index (χ2v) is 17.2. The summed E-state index contributed by atoms with van der Waals surface area (Å²) in [5, 5.41) is 40.1. The maximum Gasteiger partial charge on any atom is 0.338 e. The van der Waals surface area contributed by atoms with Crippen LogP contribution in [0, 0.1) is 16.7 Å². The van der Waals surface area contributed by atoms with E-state index in [1.165, 1.54) is 26.0 Å². The van der Waals surface area contributed by atoms with Crippen LogP contribution >= 0.6 is 0 Å². The zero-order chi connectivity index (χ0) is 43.9. The summed E-state index contributed by atoms with van der Waals surface area (Å²) in [6.07, 6.45) is -8.90. The van der Waals surface area contributed by atoms with Crippen LogP contribution in [-0.2, 0) is 47.7 Å². The fraction of sp³-hybridized carbons (Fsp3) is 0.556. The van der Waals surface area contributed by atoms with Crippen molar-refractivity contribution in [2.24, 2.45) is 16.7 Å². The number of benzene rings is 2. The second kappa shape index (κ2) is 16.8. The number of esters is 4. The van der Waals surface area contributed by atoms with E-state index in [1.54, 1.807) is 62.4 Å². The summed E-state index contributed by atoms with van der Waals surface area (Å²) >= 11 is 0. The third-order valence-electron chi connectivity index (χ3n) is 13.2. The Morgan fingerprint density at radius 1 is 0.933 bits per heavy atom. The van der Waals surface area contributed by atoms with Crippen LogP contribution < -0.4 is 5.32 Å². The number of nitrogens with one attached hydrogen (secondary N) is 1. The van der Waals surface area contributed by atoms with Crippen molar-refractivity contribution >= 4 is 35.6 Å². The maximum absolute atomic E-state index is 15.4. The predicted octanol–water partition coefficient (Wildman–Crippen LogP) is 3.61. The normalized spacial score (nSPS) is 32.6. The number of ether oxygens (including phenoxy) is 5. The highest BCUT2D eigenvalue weighted by molar-refractivity contribution is 5.95. The number of fused-ring (bicyclic) bond motifs is 5. The van der Waals surface area contributed by atoms with Gasteiger partial charge in [0.15, 0.2) is 23.6 Å². The molecule has 1 unspecified atom stereocenters. The average molecular weight is 834 g/mol. The molecule has 0 aromatic heterocycles. The highest BCUT2D eigenvalue weighted by Crippen LogP contribution is 2.64. The molecule has 2 aromatic carbocycles. The van der Waals surface area contributed by atoms with Crippen LogP contribution in [0.5, 0.6) is 0 Å². The smallest absolute Gasteiger partial charge is 0.338 e. The van der Waals surface area contributed by atoms with Crippen LogP contribution in [0.1, 0.15) is 103 Å². The fourth-order valence-electron chi connectivity index (χ4n) is 9.95. The maximum atomic E-state index is 15.4. The van der Waals surface area contributed by atoms with Crippen molar-refractivity contribution in [1.29, 1.82) is 0 Å². The molecular formula is C45H55NO14. The quantitative estimate of drug-likeness (QED) is 0.136. The zero-order valence-electron chi connectivity index (χ0n) is 35.0. The monoisotopic (exact) mass is 833 g/mol. The minimum Gasteiger partial charge on any atom is -0.456 e. The van der Waals surface area contributed by atoms with Gasteiger partial charge in [-0.05, 0) is 49.1 Å². The standard InChI is InChI=1S/C45H55NO14/c1-8-9-20-32(50)46-34(27-16-12-10-13-17-27)35(51)41(54)58-29-22-45(55)39(59-40(53)28-18-14-11-15-19-28)37-43(7,30(49)21-31-44(37,23-56-31)60-26(4)48)38(52)36(57-25(3)47)33(24(29)2)42(45,5)6/h10-19,29-31,34-37,39,49,51,55H,8-9,20-23H2,1-7H3,(H,46,50)/t29-,30-,31+,34?,35+,36+,37-,39-,43+,44-,45+/m0/s1. The first-order valence-electron chi connectivity index (χ1n) is 20.4. The number of hydrogen-bond acceptors (Lipinski definition) is 14. The Balaban J connectivity index is 1.54. The third kappa shape index (κ3) is 7.54. The molecule has 2 aromatic rings. The molecule has 0 radical (unpaired) electrons. The van der Waals surface area contributed by atoms with Crippen molar-refractivity contribution in [1.82, 2.24) is 5.32 Å². The van der Waals surface area contributed by atoms with E-state index >= 15 is 4.79 Å². The molecular weight excluding hydrogens is 778 g/mol. The molecule has 15 nitrogen and oxygen atoms in total. The van der Waals surface area contributed by atoms with Crippen LogP contribution in [0.15, 0.2) is 71.8 Å². The first kappa shape index (κ1) is 44.6. The van der Waals surface area contributed by atoms with E-state index < -0.39 is 113 Å². The largest absolute Gasteiger partial charge is 0.456 e. The summed E-state index contributed by atoms with van der Waals surface area (Å²) < 4.78 is 30.2. The predicted molar refractivity (Wildman–Crippen MR) is 211 cm³/mol. The van der Waals surface area contributed by atoms with E-state index in [0.29, 0.717) is 12.0 Å². The molecule has 4 N–H and O–H groups in total. The average Bonchev–Trinajstić information content (AvgIpc) is 3.20. The lowest BCUT2D eigenvalue weighted by atomic mass is 9.44. The summed E-state index contributed by atoms with van der Waals surface area (Å²) in [4.78, 5) is 82.7. The molecule has 3 aliphatic carbocycles. The number of ketones is 1. The second-order valence-electron chi connectivity index (χ2n) is 17.2. The van der Waals surface area contributed by atoms with E-state index in [9.17, 15) is 39.3 Å². The summed E-state index contributed by atoms with van der Waals surface area (Å²) in [6.45, 7) is 9.94. The van der Waals surface area contributed by atoms with Crippen molar-refractivity contribution in [3.05, 3.63) is 82.9 Å². The van der Waals surface area contributed by atoms with Gasteiger partial charge in [0, 0.05) is 38.5 Å². The Kier molecular flexibility index (Phi) is 12.5. The topological polar surface area (TPSA) is 221 Å². The Hall–Kier alpha value is -4.96. The molecule has 3 fully saturated rings. The molecule has 1 aliphatic heterocycles. The number of Topliss-reactive ketones (excluding diaryl/α,β-unsaturated/α-hetero) is 1. The Morgan fingerprint density at radius 3 is 2.13 bits per heavy atom. The molecule has 1 heterocycles. The van der Waals surface area contributed by atoms with Crippen molar-refractivity contribution in [3.8, 4) is 0 Å². The third-order valence-corrected chi connectivity index (χ3v) is 13.2. The van der Waals surface area contributed by atoms with Gasteiger partial charge in [-0.2, -0.15) is 0 Å². The first-order valence-corrected chi connectivity index (χ1v) is 20.4. The number of unbranched alkanes of at least 4 members (excludes halogenated alkanes) is 1. The summed E-state index contributed by atoms with van der Waals surface area (Å²) in [7, 11) is 0. The van der Waals surface area contributed by atoms with Crippen LogP contribution in [0.3, 0.4) is 0 Å². The molecule has 11 atom stereocenters. The van der Waals surface area contributed by atoms with Gasteiger partial charge in [0.2, 0.25) is 5.91 Å². The summed E-state index contributed by atoms with van der Waals surface area (Å²) in [6, 6.07) is 15.0. The minimum atomic E-state index is -2.37. The highest BCUT2D eigenvalue weighted by atomic mass is 16.6. The zero-order valence-corrected chi connectivity index (χ0v) is 35.0. The van der Waals surface area contributed by atoms with E-state index in [4.69, 9.17) is 23.7 Å². The van der Waals surface area contributed by atoms with Gasteiger partial charge in [0.1, 0.15) is 23.9 Å². The van der Waals surface area contributed by atoms with E-state index in [2.05, 4.69) is 5.32 Å². The number of rotatable bonds is 12. The molecule has 2 bridgehead atoms. The lowest BCUT2D eigenvalue weighted by Gasteiger charge is -2.67. The van der Waals surface area contributed by atoms with E-state index in [-0.39, 0.29) is 36.2 Å². The van der Waals surface area contributed by atoms with Gasteiger partial charge in [-0.3, -0.25) is 19.2 Å². The molecule has 4 aliphatic rings. The molecule has 6 rings (SSSR count). The van der Waals surface area contributed by atoms with Crippen LogP contribution in [0.2, 0.25) is 0 Å². The molecule has 60 heavy (non-hydrogen) atoms. The molecule has 15 heteroatoms. The molecule has 0 spiro atoms. The Labute approximate surface area is 348 Å². The van der Waals surface area contributed by atoms with Crippen molar-refractivity contribution in [3.63, 3.8) is 0 Å². The SMILES string of the molecule is CCCCC(=O)NC(c1ccccc1)[C@@H](O)C(=O)O[C@H]1C[C@@]2(O)[C@@H](OC(=O)c3ccccc3)[C@@H]3[C@]4(OC(C)=O)CO[C@@H]4C[C@H](O)[C@@]3(C)C(=O)[C@H](OC(C)=O)C(=C1C)C2(C)C. The van der Waals surface area contributed by atoms with Gasteiger partial charge in [0.25, 0.3) is 0 Å². The van der Waals surface area contributed by atoms with Crippen LogP contribution in [0.25, 0.3) is 0 Å². The highest BCUT2D eigenvalue weighted by Gasteiger charge is 2.78. The van der Waals surface area contributed by atoms with Gasteiger partial charge < -0.3 is 44.3 Å². The van der Waals surface area contributed by atoms with Crippen LogP contribution in [-0.4, -0.2) is 105 Å². The molecule has 1 saturated heterocycles. The number of aliphatic hydroxyl groups is 3. The number of aliphatic hydroxyl groups excluding tert-OH is 2. The molecule has 1 amide bonds. The number of hydrogen-bond donors (Lipinski definition) is 4. The van der Waals surface area contributed by atoms with Gasteiger partial charge >= 0.3 is 23.9 Å². The Morgan fingerprint density at radius 2 is 1.57 bits per heavy atom. The van der Waals surface area contributed by atoms with Crippen molar-refractivity contribution < 1.29 is 67.8 Å². The molecule has 324 valence electrons. The van der Waals surface area contributed by atoms with Gasteiger partial charge in [-0.15, -0.1) is 0 Å². The number of carbonyl (C=O) groups is 6. The molecule has 2 saturated carbocycles. The van der Waals surface area contributed by atoms with Gasteiger partial charge in [-0.25, -0.2) is 9.59 Å². The lowest BCUT2D eigenvalue weighted by Crippen LogP contribution is -2.82. The summed E-state index contributed by atoms with van der Waals surface area (Å²) in [5.74, 6) is -6.57. The summed E-state index contributed by atoms with van der Waals surface area (Å²) in [5.41, 5.74) is -7.13. The van der Waals surface area contributed by atoms with Gasteiger partial charge in [0.05, 0.1) is 35.6 Å².